The van der Waals surface area contributed by atoms with Gasteiger partial charge in [-0.3, -0.25) is 0 Å². The van der Waals surface area contributed by atoms with Gasteiger partial charge in [-0.2, -0.15) is 5.26 Å². The maximum atomic E-state index is 9.06. The number of fused-ring (bicyclic) bond motifs is 3. The van der Waals surface area contributed by atoms with E-state index in [-0.39, 0.29) is 0 Å². The van der Waals surface area contributed by atoms with Crippen LogP contribution in [0, 0.1) is 11.3 Å². The maximum absolute atomic E-state index is 9.06. The molecule has 0 amide bonds. The van der Waals surface area contributed by atoms with Gasteiger partial charge in [-0.05, 0) is 18.2 Å². The van der Waals surface area contributed by atoms with Gasteiger partial charge >= 0.3 is 0 Å². The highest BCUT2D eigenvalue weighted by atomic mass is 79.9. The molecule has 0 saturated heterocycles. The molecule has 1 nitrogen and oxygen atoms in total. The molecule has 0 aliphatic rings. The quantitative estimate of drug-likeness (QED) is 0.588. The normalized spacial score (nSPS) is 10.8. The number of rotatable bonds is 0. The zero-order valence-electron chi connectivity index (χ0n) is 8.20. The van der Waals surface area contributed by atoms with Gasteiger partial charge in [0.05, 0.1) is 10.3 Å². The van der Waals surface area contributed by atoms with Crippen LogP contribution in [0.3, 0.4) is 0 Å². The third-order valence-corrected chi connectivity index (χ3v) is 4.28. The van der Waals surface area contributed by atoms with Crippen molar-refractivity contribution >= 4 is 47.4 Å². The van der Waals surface area contributed by atoms with Crippen LogP contribution < -0.4 is 0 Å². The smallest absolute Gasteiger partial charge is 0.101 e. The van der Waals surface area contributed by atoms with Crippen LogP contribution in [0.4, 0.5) is 0 Å². The topological polar surface area (TPSA) is 23.8 Å². The summed E-state index contributed by atoms with van der Waals surface area (Å²) in [6, 6.07) is 14.4. The predicted molar refractivity (Wildman–Crippen MR) is 71.7 cm³/mol. The molecule has 0 bridgehead atoms. The molecular formula is C13H6BrNS. The van der Waals surface area contributed by atoms with E-state index in [1.54, 1.807) is 11.3 Å². The third kappa shape index (κ3) is 1.35. The first-order valence-electron chi connectivity index (χ1n) is 4.80. The first kappa shape index (κ1) is 9.83. The predicted octanol–water partition coefficient (Wildman–Crippen LogP) is 4.69. The van der Waals surface area contributed by atoms with Gasteiger partial charge in [-0.15, -0.1) is 11.3 Å². The molecule has 16 heavy (non-hydrogen) atoms. The maximum Gasteiger partial charge on any atom is 0.101 e. The number of benzene rings is 2. The van der Waals surface area contributed by atoms with Crippen molar-refractivity contribution in [2.75, 3.05) is 0 Å². The fraction of sp³-hybridized carbons (Fsp3) is 0. The Hall–Kier alpha value is -1.37. The van der Waals surface area contributed by atoms with Crippen molar-refractivity contribution in [2.24, 2.45) is 0 Å². The second-order valence-corrected chi connectivity index (χ2v) is 5.50. The molecule has 0 atom stereocenters. The zero-order chi connectivity index (χ0) is 11.1. The summed E-state index contributed by atoms with van der Waals surface area (Å²) in [5, 5.41) is 11.5. The van der Waals surface area contributed by atoms with Crippen molar-refractivity contribution in [3.05, 3.63) is 46.4 Å². The van der Waals surface area contributed by atoms with Gasteiger partial charge in [-0.1, -0.05) is 34.1 Å². The molecule has 0 saturated carbocycles. The summed E-state index contributed by atoms with van der Waals surface area (Å²) >= 11 is 5.14. The van der Waals surface area contributed by atoms with E-state index in [1.165, 1.54) is 15.5 Å². The lowest BCUT2D eigenvalue weighted by Gasteiger charge is -1.92. The van der Waals surface area contributed by atoms with Gasteiger partial charge in [0.1, 0.15) is 6.07 Å². The number of nitrogens with zero attached hydrogens (tertiary/aromatic N) is 1. The summed E-state index contributed by atoms with van der Waals surface area (Å²) in [6.45, 7) is 0. The van der Waals surface area contributed by atoms with Crippen molar-refractivity contribution in [1.82, 2.24) is 0 Å². The van der Waals surface area contributed by atoms with E-state index in [0.717, 1.165) is 14.7 Å². The Morgan fingerprint density at radius 1 is 1.12 bits per heavy atom. The highest BCUT2D eigenvalue weighted by Crippen LogP contribution is 2.36. The van der Waals surface area contributed by atoms with Crippen LogP contribution >= 0.6 is 27.3 Å². The Kier molecular flexibility index (Phi) is 2.20. The van der Waals surface area contributed by atoms with Crippen molar-refractivity contribution in [2.45, 2.75) is 0 Å². The van der Waals surface area contributed by atoms with Crippen molar-refractivity contribution < 1.29 is 0 Å². The zero-order valence-corrected chi connectivity index (χ0v) is 10.6. The average Bonchev–Trinajstić information content (AvgIpc) is 2.65. The summed E-state index contributed by atoms with van der Waals surface area (Å²) in [6.07, 6.45) is 0. The monoisotopic (exact) mass is 287 g/mol. The van der Waals surface area contributed by atoms with Crippen LogP contribution in [0.15, 0.2) is 40.9 Å². The number of hydrogen-bond donors (Lipinski definition) is 0. The number of hydrogen-bond acceptors (Lipinski definition) is 2. The minimum Gasteiger partial charge on any atom is -0.192 e. The van der Waals surface area contributed by atoms with Crippen LogP contribution in [0.1, 0.15) is 5.56 Å². The Morgan fingerprint density at radius 3 is 2.81 bits per heavy atom. The van der Waals surface area contributed by atoms with Crippen molar-refractivity contribution in [3.8, 4) is 6.07 Å². The van der Waals surface area contributed by atoms with E-state index < -0.39 is 0 Å². The molecule has 0 aliphatic heterocycles. The van der Waals surface area contributed by atoms with E-state index in [2.05, 4.69) is 40.2 Å². The summed E-state index contributed by atoms with van der Waals surface area (Å²) in [5.74, 6) is 0. The first-order chi connectivity index (χ1) is 7.79. The van der Waals surface area contributed by atoms with Crippen LogP contribution in [-0.4, -0.2) is 0 Å². The molecule has 0 unspecified atom stereocenters. The average molecular weight is 288 g/mol. The number of halogens is 1. The SMILES string of the molecule is N#Cc1cccc2c1sc1cc(Br)ccc12. The third-order valence-electron chi connectivity index (χ3n) is 2.58. The van der Waals surface area contributed by atoms with Gasteiger partial charge in [0.15, 0.2) is 0 Å². The molecule has 3 heteroatoms. The second-order valence-electron chi connectivity index (χ2n) is 3.54. The highest BCUT2D eigenvalue weighted by Gasteiger charge is 2.08. The molecule has 0 radical (unpaired) electrons. The van der Waals surface area contributed by atoms with Crippen LogP contribution in [-0.2, 0) is 0 Å². The molecule has 1 aromatic heterocycles. The summed E-state index contributed by atoms with van der Waals surface area (Å²) in [7, 11) is 0. The second kappa shape index (κ2) is 3.58. The van der Waals surface area contributed by atoms with Gasteiger partial charge < -0.3 is 0 Å². The Labute approximate surface area is 105 Å². The minimum absolute atomic E-state index is 0.759. The summed E-state index contributed by atoms with van der Waals surface area (Å²) in [4.78, 5) is 0. The van der Waals surface area contributed by atoms with Crippen molar-refractivity contribution in [3.63, 3.8) is 0 Å². The Morgan fingerprint density at radius 2 is 2.00 bits per heavy atom. The van der Waals surface area contributed by atoms with E-state index in [1.807, 2.05) is 18.2 Å². The molecule has 1 heterocycles. The van der Waals surface area contributed by atoms with Crippen LogP contribution in [0.25, 0.3) is 20.2 Å². The molecule has 0 aliphatic carbocycles. The fourth-order valence-corrected chi connectivity index (χ4v) is 3.58. The number of thiophene rings is 1. The molecular weight excluding hydrogens is 282 g/mol. The fourth-order valence-electron chi connectivity index (χ4n) is 1.86. The largest absolute Gasteiger partial charge is 0.192 e. The Bertz CT molecular complexity index is 737. The standard InChI is InChI=1S/C13H6BrNS/c14-9-4-5-10-11-3-1-2-8(7-15)13(11)16-12(10)6-9/h1-6H. The molecule has 0 N–H and O–H groups in total. The molecule has 2 aromatic carbocycles. The van der Waals surface area contributed by atoms with Gasteiger partial charge in [0.25, 0.3) is 0 Å². The first-order valence-corrected chi connectivity index (χ1v) is 6.41. The van der Waals surface area contributed by atoms with E-state index in [0.29, 0.717) is 0 Å². The Balaban J connectivity index is 2.56. The summed E-state index contributed by atoms with van der Waals surface area (Å²) in [5.41, 5.74) is 0.759. The summed E-state index contributed by atoms with van der Waals surface area (Å²) < 4.78 is 3.37. The number of nitriles is 1. The van der Waals surface area contributed by atoms with E-state index in [4.69, 9.17) is 5.26 Å². The molecule has 3 aromatic rings. The molecule has 3 rings (SSSR count). The van der Waals surface area contributed by atoms with E-state index >= 15 is 0 Å². The van der Waals surface area contributed by atoms with Gasteiger partial charge in [0, 0.05) is 19.9 Å². The van der Waals surface area contributed by atoms with Gasteiger partial charge in [-0.25, -0.2) is 0 Å². The molecule has 0 spiro atoms. The van der Waals surface area contributed by atoms with Crippen LogP contribution in [0.5, 0.6) is 0 Å². The molecule has 76 valence electrons. The lowest BCUT2D eigenvalue weighted by Crippen LogP contribution is -1.72. The van der Waals surface area contributed by atoms with Crippen LogP contribution in [0.2, 0.25) is 0 Å². The van der Waals surface area contributed by atoms with Gasteiger partial charge in [0.2, 0.25) is 0 Å². The van der Waals surface area contributed by atoms with E-state index in [9.17, 15) is 0 Å². The lowest BCUT2D eigenvalue weighted by atomic mass is 10.1. The minimum atomic E-state index is 0.759. The highest BCUT2D eigenvalue weighted by molar-refractivity contribution is 9.10. The van der Waals surface area contributed by atoms with Crippen molar-refractivity contribution in [1.29, 1.82) is 5.26 Å². The lowest BCUT2D eigenvalue weighted by molar-refractivity contribution is 1.51. The molecule has 0 fully saturated rings.